The number of hydrogen-bond donors (Lipinski definition) is 0. The molecule has 0 saturated carbocycles. The summed E-state index contributed by atoms with van der Waals surface area (Å²) in [4.78, 5) is 0. The number of nitrogens with zero attached hydrogens (tertiary/aromatic N) is 1. The van der Waals surface area contributed by atoms with Gasteiger partial charge in [0.1, 0.15) is 5.75 Å². The summed E-state index contributed by atoms with van der Waals surface area (Å²) in [5.74, 6) is -8.70. The summed E-state index contributed by atoms with van der Waals surface area (Å²) in [6.07, 6.45) is 0.553. The van der Waals surface area contributed by atoms with Gasteiger partial charge in [-0.1, -0.05) is 31.2 Å². The molecule has 204 valence electrons. The van der Waals surface area contributed by atoms with Crippen molar-refractivity contribution in [3.63, 3.8) is 0 Å². The third-order valence-corrected chi connectivity index (χ3v) is 8.70. The Balaban J connectivity index is 2.49. The Hall–Kier alpha value is -2.32. The van der Waals surface area contributed by atoms with Gasteiger partial charge in [0.15, 0.2) is 20.0 Å². The minimum Gasteiger partial charge on any atom is -0.423 e. The second-order valence-electron chi connectivity index (χ2n) is 6.81. The van der Waals surface area contributed by atoms with E-state index in [9.17, 15) is 64.8 Å². The summed E-state index contributed by atoms with van der Waals surface area (Å²) in [6.45, 7) is 1.77. The number of rotatable bonds is 9. The van der Waals surface area contributed by atoms with E-state index in [1.54, 1.807) is 13.0 Å². The summed E-state index contributed by atoms with van der Waals surface area (Å²) in [5.41, 5.74) is -5.94. The second kappa shape index (κ2) is 8.91. The Morgan fingerprint density at radius 3 is 1.72 bits per heavy atom. The summed E-state index contributed by atoms with van der Waals surface area (Å²) in [7, 11) is -22.6. The zero-order chi connectivity index (χ0) is 28.2. The van der Waals surface area contributed by atoms with Crippen LogP contribution in [0.1, 0.15) is 12.5 Å². The predicted molar refractivity (Wildman–Crippen MR) is 105 cm³/mol. The van der Waals surface area contributed by atoms with Gasteiger partial charge < -0.3 is 8.31 Å². The predicted octanol–water partition coefficient (Wildman–Crippen LogP) is 4.48. The van der Waals surface area contributed by atoms with Gasteiger partial charge in [-0.25, -0.2) is 16.8 Å². The smallest absolute Gasteiger partial charge is 0.423 e. The number of hydrogen-bond acceptors (Lipinski definition) is 7. The fraction of sp³-hybridized carbons (Fsp3) is 0.375. The molecule has 2 aromatic carbocycles. The standard InChI is InChI=1S/C16H11F9NO7S3/c1-2-9-3-4-11-8-12(6-5-10(11)7-9)33-36(31,32)15(21,22)13(17,18)14(19,20)34(27,28)26-35(29,30)16(23,24)25/h3-8H,2H2,1H3/q-1. The van der Waals surface area contributed by atoms with Crippen molar-refractivity contribution in [2.75, 3.05) is 0 Å². The van der Waals surface area contributed by atoms with E-state index in [2.05, 4.69) is 4.18 Å². The van der Waals surface area contributed by atoms with Gasteiger partial charge >= 0.3 is 32.1 Å². The Morgan fingerprint density at radius 2 is 1.22 bits per heavy atom. The van der Waals surface area contributed by atoms with E-state index in [0.717, 1.165) is 17.7 Å². The molecule has 0 heterocycles. The third-order valence-electron chi connectivity index (χ3n) is 4.35. The number of aryl methyl sites for hydroxylation is 1. The highest BCUT2D eigenvalue weighted by atomic mass is 32.3. The summed E-state index contributed by atoms with van der Waals surface area (Å²) in [5, 5.41) is -14.1. The molecule has 0 N–H and O–H groups in total. The van der Waals surface area contributed by atoms with Crippen molar-refractivity contribution in [2.24, 2.45) is 0 Å². The van der Waals surface area contributed by atoms with E-state index in [1.165, 1.54) is 12.1 Å². The third kappa shape index (κ3) is 4.94. The first kappa shape index (κ1) is 29.9. The first-order valence-corrected chi connectivity index (χ1v) is 13.1. The molecule has 36 heavy (non-hydrogen) atoms. The molecule has 2 rings (SSSR count). The highest BCUT2D eigenvalue weighted by Crippen LogP contribution is 2.53. The SMILES string of the molecule is CCc1ccc2cc(OS(=O)(=O)C(F)(F)C(F)(F)C(F)(F)S(=O)(=O)[N-]S(=O)(=O)C(F)(F)F)ccc2c1. The van der Waals surface area contributed by atoms with Crippen LogP contribution in [-0.4, -0.2) is 47.2 Å². The van der Waals surface area contributed by atoms with Crippen molar-refractivity contribution in [3.8, 4) is 5.75 Å². The van der Waals surface area contributed by atoms with Crippen molar-refractivity contribution < 1.29 is 69.0 Å². The quantitative estimate of drug-likeness (QED) is 0.309. The van der Waals surface area contributed by atoms with E-state index in [4.69, 9.17) is 0 Å². The molecule has 0 unspecified atom stereocenters. The van der Waals surface area contributed by atoms with E-state index in [-0.39, 0.29) is 5.39 Å². The van der Waals surface area contributed by atoms with Gasteiger partial charge in [-0.05, 0) is 34.9 Å². The van der Waals surface area contributed by atoms with Crippen LogP contribution in [0.4, 0.5) is 39.5 Å². The van der Waals surface area contributed by atoms with Crippen LogP contribution in [0.15, 0.2) is 36.4 Å². The fourth-order valence-corrected chi connectivity index (χ4v) is 5.60. The zero-order valence-electron chi connectivity index (χ0n) is 17.1. The van der Waals surface area contributed by atoms with Gasteiger partial charge in [0.05, 0.1) is 0 Å². The van der Waals surface area contributed by atoms with Crippen molar-refractivity contribution in [3.05, 3.63) is 46.1 Å². The minimum atomic E-state index is -7.98. The van der Waals surface area contributed by atoms with Gasteiger partial charge in [0, 0.05) is 0 Å². The molecule has 0 bridgehead atoms. The summed E-state index contributed by atoms with van der Waals surface area (Å²) in [6, 6.07) is 6.88. The largest absolute Gasteiger partial charge is 0.480 e. The first-order chi connectivity index (χ1) is 15.9. The minimum absolute atomic E-state index is 0.110. The molecule has 8 nitrogen and oxygen atoms in total. The molecular weight excluding hydrogens is 585 g/mol. The number of sulfonamides is 2. The van der Waals surface area contributed by atoms with Crippen molar-refractivity contribution >= 4 is 40.9 Å². The lowest BCUT2D eigenvalue weighted by Crippen LogP contribution is -2.61. The highest BCUT2D eigenvalue weighted by molar-refractivity contribution is 8.13. The zero-order valence-corrected chi connectivity index (χ0v) is 19.6. The van der Waals surface area contributed by atoms with Crippen molar-refractivity contribution in [1.82, 2.24) is 0 Å². The average molecular weight is 596 g/mol. The molecule has 0 spiro atoms. The molecule has 0 radical (unpaired) electrons. The number of alkyl halides is 9. The van der Waals surface area contributed by atoms with Gasteiger partial charge in [0.25, 0.3) is 0 Å². The van der Waals surface area contributed by atoms with Crippen LogP contribution in [0.3, 0.4) is 0 Å². The fourth-order valence-electron chi connectivity index (χ4n) is 2.43. The topological polar surface area (TPSA) is 126 Å². The van der Waals surface area contributed by atoms with Crippen LogP contribution in [0.2, 0.25) is 0 Å². The van der Waals surface area contributed by atoms with Gasteiger partial charge in [-0.3, -0.25) is 0 Å². The molecule has 0 atom stereocenters. The van der Waals surface area contributed by atoms with E-state index >= 15 is 0 Å². The molecule has 20 heteroatoms. The molecule has 0 fully saturated rings. The first-order valence-electron chi connectivity index (χ1n) is 8.84. The van der Waals surface area contributed by atoms with Crippen molar-refractivity contribution in [2.45, 2.75) is 35.3 Å². The molecule has 0 saturated heterocycles. The number of halogens is 9. The van der Waals surface area contributed by atoms with E-state index in [1.807, 2.05) is 0 Å². The maximum atomic E-state index is 14.1. The normalized spacial score (nSPS) is 14.7. The second-order valence-corrected chi connectivity index (χ2v) is 11.9. The van der Waals surface area contributed by atoms with Gasteiger partial charge in [-0.2, -0.15) is 47.9 Å². The molecule has 2 aromatic rings. The summed E-state index contributed by atoms with van der Waals surface area (Å²) < 4.78 is 193. The van der Waals surface area contributed by atoms with Gasteiger partial charge in [0.2, 0.25) is 0 Å². The molecule has 0 aliphatic rings. The van der Waals surface area contributed by atoms with Crippen LogP contribution in [-0.2, 0) is 36.6 Å². The molecular formula is C16H11F9NO7S3-. The van der Waals surface area contributed by atoms with Crippen LogP contribution >= 0.6 is 0 Å². The van der Waals surface area contributed by atoms with Crippen molar-refractivity contribution in [1.29, 1.82) is 0 Å². The maximum absolute atomic E-state index is 14.1. The van der Waals surface area contributed by atoms with E-state index in [0.29, 0.717) is 22.0 Å². The Bertz CT molecular complexity index is 1490. The van der Waals surface area contributed by atoms with Gasteiger partial charge in [-0.15, -0.1) is 0 Å². The summed E-state index contributed by atoms with van der Waals surface area (Å²) >= 11 is 0. The lowest BCUT2D eigenvalue weighted by molar-refractivity contribution is -0.245. The number of benzene rings is 2. The molecule has 0 aliphatic heterocycles. The van der Waals surface area contributed by atoms with Crippen LogP contribution in [0.5, 0.6) is 5.75 Å². The average Bonchev–Trinajstić information content (AvgIpc) is 2.70. The van der Waals surface area contributed by atoms with E-state index < -0.39 is 57.9 Å². The maximum Gasteiger partial charge on any atom is 0.480 e. The lowest BCUT2D eigenvalue weighted by atomic mass is 10.1. The highest BCUT2D eigenvalue weighted by Gasteiger charge is 2.81. The number of fused-ring (bicyclic) bond motifs is 1. The molecule has 0 aromatic heterocycles. The lowest BCUT2D eigenvalue weighted by Gasteiger charge is -2.35. The van der Waals surface area contributed by atoms with Crippen LogP contribution in [0.25, 0.3) is 14.9 Å². The van der Waals surface area contributed by atoms with Crippen LogP contribution < -0.4 is 4.18 Å². The van der Waals surface area contributed by atoms with Crippen LogP contribution in [0, 0.1) is 0 Å². The monoisotopic (exact) mass is 596 g/mol. The Kier molecular flexibility index (Phi) is 7.40. The molecule has 0 aliphatic carbocycles. The Morgan fingerprint density at radius 1 is 0.722 bits per heavy atom. The Labute approximate surface area is 197 Å². The molecule has 0 amide bonds.